The van der Waals surface area contributed by atoms with Crippen molar-refractivity contribution in [3.8, 4) is 0 Å². The Morgan fingerprint density at radius 3 is 2.96 bits per heavy atom. The molecule has 2 unspecified atom stereocenters. The van der Waals surface area contributed by atoms with Gasteiger partial charge in [-0.3, -0.25) is 4.79 Å². The van der Waals surface area contributed by atoms with E-state index in [4.69, 9.17) is 4.74 Å². The maximum Gasteiger partial charge on any atom is 0.238 e. The maximum atomic E-state index is 14.6. The minimum atomic E-state index is -1.16. The Hall–Kier alpha value is -1.48. The summed E-state index contributed by atoms with van der Waals surface area (Å²) >= 11 is 0. The molecule has 144 valence electrons. The fourth-order valence-corrected chi connectivity index (χ4v) is 4.44. The van der Waals surface area contributed by atoms with E-state index in [9.17, 15) is 18.8 Å². The first kappa shape index (κ1) is 19.3. The Labute approximate surface area is 155 Å². The van der Waals surface area contributed by atoms with Crippen molar-refractivity contribution in [1.82, 2.24) is 5.32 Å². The number of nitrogens with one attached hydrogen (secondary N) is 1. The maximum absolute atomic E-state index is 14.6. The molecule has 0 aliphatic carbocycles. The Morgan fingerprint density at radius 2 is 2.31 bits per heavy atom. The van der Waals surface area contributed by atoms with Gasteiger partial charge < -0.3 is 24.6 Å². The molecule has 26 heavy (non-hydrogen) atoms. The van der Waals surface area contributed by atoms with Gasteiger partial charge in [-0.2, -0.15) is 0 Å². The molecule has 1 aromatic carbocycles. The smallest absolute Gasteiger partial charge is 0.238 e. The van der Waals surface area contributed by atoms with Gasteiger partial charge in [0.15, 0.2) is 0 Å². The van der Waals surface area contributed by atoms with E-state index in [-0.39, 0.29) is 23.7 Å². The number of carbonyl (C=O) groups is 1. The van der Waals surface area contributed by atoms with E-state index >= 15 is 0 Å². The summed E-state index contributed by atoms with van der Waals surface area (Å²) in [4.78, 5) is 12.9. The van der Waals surface area contributed by atoms with Gasteiger partial charge in [-0.1, -0.05) is 23.8 Å². The second-order valence-electron chi connectivity index (χ2n) is 6.59. The average molecular weight is 384 g/mol. The highest BCUT2D eigenvalue weighted by molar-refractivity contribution is 8.10. The van der Waals surface area contributed by atoms with E-state index in [0.29, 0.717) is 42.9 Å². The zero-order chi connectivity index (χ0) is 18.7. The molecule has 0 radical (unpaired) electrons. The number of hydrogen-bond donors (Lipinski definition) is 3. The summed E-state index contributed by atoms with van der Waals surface area (Å²) in [6.45, 7) is 2.44. The van der Waals surface area contributed by atoms with Gasteiger partial charge in [0, 0.05) is 24.4 Å². The van der Waals surface area contributed by atoms with Crippen LogP contribution in [0.4, 0.5) is 10.1 Å². The number of aliphatic hydroxyl groups is 1. The van der Waals surface area contributed by atoms with Crippen LogP contribution in [0.5, 0.6) is 0 Å². The summed E-state index contributed by atoms with van der Waals surface area (Å²) in [6, 6.07) is 4.95. The van der Waals surface area contributed by atoms with Crippen LogP contribution in [0.3, 0.4) is 0 Å². The van der Waals surface area contributed by atoms with Crippen molar-refractivity contribution in [3.05, 3.63) is 29.6 Å². The number of carbonyl (C=O) groups excluding carboxylic acids is 1. The SMILES string of the molecule is CCC(=O)NCC1CN(c2ccc([C@@H]3CC=[S@@](O)CC3)c(F)c2)C(O)O1. The van der Waals surface area contributed by atoms with E-state index in [1.807, 2.05) is 5.37 Å². The second kappa shape index (κ2) is 8.47. The van der Waals surface area contributed by atoms with E-state index in [1.165, 1.54) is 6.07 Å². The number of hydrogen-bond acceptors (Lipinski definition) is 5. The third-order valence-electron chi connectivity index (χ3n) is 4.83. The fourth-order valence-electron chi connectivity index (χ4n) is 3.30. The van der Waals surface area contributed by atoms with E-state index in [1.54, 1.807) is 24.0 Å². The van der Waals surface area contributed by atoms with E-state index in [2.05, 4.69) is 5.32 Å². The lowest BCUT2D eigenvalue weighted by atomic mass is 9.93. The molecular weight excluding hydrogens is 359 g/mol. The summed E-state index contributed by atoms with van der Waals surface area (Å²) in [5, 5.41) is 14.7. The predicted molar refractivity (Wildman–Crippen MR) is 101 cm³/mol. The number of benzene rings is 1. The summed E-state index contributed by atoms with van der Waals surface area (Å²) in [5.74, 6) is 0.370. The lowest BCUT2D eigenvalue weighted by Gasteiger charge is -2.24. The van der Waals surface area contributed by atoms with E-state index in [0.717, 1.165) is 6.42 Å². The van der Waals surface area contributed by atoms with Gasteiger partial charge >= 0.3 is 0 Å². The molecular formula is C18H25FN2O4S. The molecule has 2 aliphatic rings. The molecule has 2 heterocycles. The quantitative estimate of drug-likeness (QED) is 0.679. The minimum Gasteiger partial charge on any atom is -0.353 e. The molecule has 6 nitrogen and oxygen atoms in total. The first-order valence-electron chi connectivity index (χ1n) is 8.86. The molecule has 0 saturated carbocycles. The summed E-state index contributed by atoms with van der Waals surface area (Å²) < 4.78 is 29.6. The fraction of sp³-hybridized carbons (Fsp3) is 0.556. The Morgan fingerprint density at radius 1 is 1.50 bits per heavy atom. The first-order valence-corrected chi connectivity index (χ1v) is 10.3. The Bertz CT molecular complexity index is 700. The lowest BCUT2D eigenvalue weighted by Crippen LogP contribution is -2.34. The van der Waals surface area contributed by atoms with Gasteiger partial charge in [0.2, 0.25) is 12.3 Å². The van der Waals surface area contributed by atoms with Gasteiger partial charge in [0.05, 0.1) is 12.6 Å². The number of nitrogens with zero attached hydrogens (tertiary/aromatic N) is 1. The van der Waals surface area contributed by atoms with Gasteiger partial charge in [-0.05, 0) is 41.8 Å². The van der Waals surface area contributed by atoms with Crippen LogP contribution in [-0.2, 0) is 9.53 Å². The highest BCUT2D eigenvalue weighted by Gasteiger charge is 2.32. The van der Waals surface area contributed by atoms with Crippen molar-refractivity contribution < 1.29 is 23.6 Å². The normalized spacial score (nSPS) is 28.7. The standard InChI is InChI=1S/C18H25FN2O4S/c1-2-17(22)20-10-14-11-21(18(23)25-14)13-3-4-15(16(19)9-13)12-5-7-26(24)8-6-12/h3-4,7,9,12,14,18,23-24H,2,5-6,8,10-11H2,1H3,(H,20,22)/t12-,14?,18?,26-/m1/s1. The van der Waals surface area contributed by atoms with Crippen LogP contribution < -0.4 is 10.2 Å². The van der Waals surface area contributed by atoms with Crippen molar-refractivity contribution in [2.24, 2.45) is 0 Å². The highest BCUT2D eigenvalue weighted by Crippen LogP contribution is 2.34. The Balaban J connectivity index is 1.66. The monoisotopic (exact) mass is 384 g/mol. The molecule has 0 aromatic heterocycles. The third-order valence-corrected chi connectivity index (χ3v) is 6.06. The lowest BCUT2D eigenvalue weighted by molar-refractivity contribution is -0.122. The van der Waals surface area contributed by atoms with Crippen LogP contribution in [0.1, 0.15) is 37.7 Å². The zero-order valence-electron chi connectivity index (χ0n) is 14.7. The molecule has 3 N–H and O–H groups in total. The molecule has 1 amide bonds. The molecule has 2 aliphatic heterocycles. The van der Waals surface area contributed by atoms with Gasteiger partial charge in [-0.25, -0.2) is 4.39 Å². The van der Waals surface area contributed by atoms with Gasteiger partial charge in [-0.15, -0.1) is 0 Å². The van der Waals surface area contributed by atoms with Gasteiger partial charge in [0.25, 0.3) is 0 Å². The van der Waals surface area contributed by atoms with Crippen LogP contribution in [0.15, 0.2) is 18.2 Å². The van der Waals surface area contributed by atoms with E-state index < -0.39 is 17.2 Å². The Kier molecular flexibility index (Phi) is 6.29. The second-order valence-corrected chi connectivity index (χ2v) is 8.14. The molecule has 8 heteroatoms. The summed E-state index contributed by atoms with van der Waals surface area (Å²) in [6.07, 6.45) is 0.315. The van der Waals surface area contributed by atoms with Crippen molar-refractivity contribution in [1.29, 1.82) is 0 Å². The van der Waals surface area contributed by atoms with Crippen LogP contribution in [-0.4, -0.2) is 52.3 Å². The molecule has 1 aromatic rings. The topological polar surface area (TPSA) is 82.0 Å². The molecule has 3 rings (SSSR count). The zero-order valence-corrected chi connectivity index (χ0v) is 15.5. The van der Waals surface area contributed by atoms with Crippen molar-refractivity contribution in [2.75, 3.05) is 23.7 Å². The van der Waals surface area contributed by atoms with Crippen LogP contribution in [0, 0.1) is 5.82 Å². The first-order chi connectivity index (χ1) is 12.5. The summed E-state index contributed by atoms with van der Waals surface area (Å²) in [5.41, 5.74) is 1.19. The van der Waals surface area contributed by atoms with Crippen molar-refractivity contribution in [2.45, 2.75) is 44.6 Å². The molecule has 0 spiro atoms. The largest absolute Gasteiger partial charge is 0.353 e. The predicted octanol–water partition coefficient (Wildman–Crippen LogP) is 2.25. The number of halogens is 1. The number of rotatable bonds is 5. The van der Waals surface area contributed by atoms with Crippen LogP contribution in [0.25, 0.3) is 0 Å². The highest BCUT2D eigenvalue weighted by atomic mass is 32.2. The molecule has 1 saturated heterocycles. The van der Waals surface area contributed by atoms with Crippen LogP contribution in [0.2, 0.25) is 0 Å². The van der Waals surface area contributed by atoms with Crippen molar-refractivity contribution >= 4 is 27.7 Å². The average Bonchev–Trinajstić information content (AvgIpc) is 3.01. The van der Waals surface area contributed by atoms with Crippen LogP contribution >= 0.6 is 10.8 Å². The third kappa shape index (κ3) is 4.43. The number of aliphatic hydroxyl groups excluding tert-OH is 1. The molecule has 0 bridgehead atoms. The number of ether oxygens (including phenoxy) is 1. The summed E-state index contributed by atoms with van der Waals surface area (Å²) in [7, 11) is -0.648. The minimum absolute atomic E-state index is 0.0769. The number of amides is 1. The molecule has 4 atom stereocenters. The van der Waals surface area contributed by atoms with Crippen molar-refractivity contribution in [3.63, 3.8) is 0 Å². The molecule has 1 fully saturated rings. The number of anilines is 1. The van der Waals surface area contributed by atoms with Gasteiger partial charge in [0.1, 0.15) is 5.82 Å².